The number of anilines is 1. The highest BCUT2D eigenvalue weighted by molar-refractivity contribution is 6.18. The van der Waals surface area contributed by atoms with Crippen LogP contribution in [0.4, 0.5) is 29.3 Å². The van der Waals surface area contributed by atoms with Gasteiger partial charge in [0, 0.05) is 11.6 Å². The van der Waals surface area contributed by atoms with E-state index >= 15 is 0 Å². The Labute approximate surface area is 122 Å². The molecule has 1 amide bonds. The molecule has 0 radical (unpaired) electrons. The van der Waals surface area contributed by atoms with Crippen molar-refractivity contribution in [2.24, 2.45) is 0 Å². The zero-order valence-electron chi connectivity index (χ0n) is 10.4. The number of alkyl halides is 4. The second-order valence-corrected chi connectivity index (χ2v) is 4.22. The fourth-order valence-corrected chi connectivity index (χ4v) is 1.54. The van der Waals surface area contributed by atoms with Crippen LogP contribution in [0.25, 0.3) is 0 Å². The summed E-state index contributed by atoms with van der Waals surface area (Å²) in [5.41, 5.74) is -1.28. The number of carbonyl (C=O) groups is 1. The first-order valence-corrected chi connectivity index (χ1v) is 6.10. The summed E-state index contributed by atoms with van der Waals surface area (Å²) in [7, 11) is 0. The minimum absolute atomic E-state index is 0.0489. The van der Waals surface area contributed by atoms with Gasteiger partial charge in [-0.05, 0) is 12.1 Å². The largest absolute Gasteiger partial charge is 0.448 e. The number of nitrogens with zero attached hydrogens (tertiary/aromatic N) is 1. The molecule has 0 unspecified atom stereocenters. The summed E-state index contributed by atoms with van der Waals surface area (Å²) in [5.74, 6) is 0.0675. The Bertz CT molecular complexity index is 537. The molecular formula is C11H10ClF3N2O4. The van der Waals surface area contributed by atoms with E-state index in [0.717, 1.165) is 18.2 Å². The third kappa shape index (κ3) is 5.86. The molecule has 0 saturated heterocycles. The van der Waals surface area contributed by atoms with Crippen LogP contribution >= 0.6 is 11.6 Å². The molecule has 0 heterocycles. The van der Waals surface area contributed by atoms with Crippen molar-refractivity contribution in [2.45, 2.75) is 12.6 Å². The van der Waals surface area contributed by atoms with Gasteiger partial charge < -0.3 is 4.74 Å². The van der Waals surface area contributed by atoms with Gasteiger partial charge in [0.25, 0.3) is 5.69 Å². The SMILES string of the molecule is O=C(Nc1ccc(CC(F)(F)F)c([N+](=O)[O-])c1)OCCCl. The number of amides is 1. The first-order chi connectivity index (χ1) is 9.73. The first-order valence-electron chi connectivity index (χ1n) is 5.57. The van der Waals surface area contributed by atoms with E-state index in [-0.39, 0.29) is 18.2 Å². The van der Waals surface area contributed by atoms with Gasteiger partial charge in [0.15, 0.2) is 0 Å². The molecule has 0 aliphatic rings. The summed E-state index contributed by atoms with van der Waals surface area (Å²) < 4.78 is 41.5. The quantitative estimate of drug-likeness (QED) is 0.510. The number of ether oxygens (including phenoxy) is 1. The van der Waals surface area contributed by atoms with Crippen molar-refractivity contribution in [1.82, 2.24) is 0 Å². The Morgan fingerprint density at radius 2 is 2.10 bits per heavy atom. The van der Waals surface area contributed by atoms with Gasteiger partial charge in [-0.25, -0.2) is 4.79 Å². The van der Waals surface area contributed by atoms with Crippen LogP contribution < -0.4 is 5.32 Å². The van der Waals surface area contributed by atoms with Crippen LogP contribution in [0.15, 0.2) is 18.2 Å². The Morgan fingerprint density at radius 3 is 2.62 bits per heavy atom. The van der Waals surface area contributed by atoms with E-state index in [1.807, 2.05) is 0 Å². The van der Waals surface area contributed by atoms with Gasteiger partial charge >= 0.3 is 12.3 Å². The number of nitrogens with one attached hydrogen (secondary N) is 1. The fraction of sp³-hybridized carbons (Fsp3) is 0.364. The second kappa shape index (κ2) is 7.11. The highest BCUT2D eigenvalue weighted by Gasteiger charge is 2.31. The molecule has 6 nitrogen and oxygen atoms in total. The molecule has 0 aliphatic carbocycles. The van der Waals surface area contributed by atoms with Crippen LogP contribution in [0.5, 0.6) is 0 Å². The van der Waals surface area contributed by atoms with Crippen LogP contribution in [0.1, 0.15) is 5.56 Å². The molecule has 10 heteroatoms. The first kappa shape index (κ1) is 17.0. The Hall–Kier alpha value is -2.03. The number of nitro benzene ring substituents is 1. The summed E-state index contributed by atoms with van der Waals surface area (Å²) in [5, 5.41) is 13.0. The molecule has 0 aliphatic heterocycles. The molecule has 1 aromatic rings. The van der Waals surface area contributed by atoms with E-state index in [0.29, 0.717) is 0 Å². The third-order valence-electron chi connectivity index (χ3n) is 2.23. The van der Waals surface area contributed by atoms with Gasteiger partial charge in [-0.2, -0.15) is 13.2 Å². The van der Waals surface area contributed by atoms with Crippen LogP contribution in [0, 0.1) is 10.1 Å². The monoisotopic (exact) mass is 326 g/mol. The van der Waals surface area contributed by atoms with E-state index in [2.05, 4.69) is 10.1 Å². The highest BCUT2D eigenvalue weighted by Crippen LogP contribution is 2.29. The molecule has 116 valence electrons. The Morgan fingerprint density at radius 1 is 1.43 bits per heavy atom. The van der Waals surface area contributed by atoms with Gasteiger partial charge in [0.05, 0.1) is 22.9 Å². The lowest BCUT2D eigenvalue weighted by atomic mass is 10.1. The number of hydrogen-bond donors (Lipinski definition) is 1. The summed E-state index contributed by atoms with van der Waals surface area (Å²) in [6, 6.07) is 2.89. The zero-order chi connectivity index (χ0) is 16.0. The number of rotatable bonds is 5. The Kier molecular flexibility index (Phi) is 5.77. The van der Waals surface area contributed by atoms with Crippen molar-refractivity contribution < 1.29 is 27.6 Å². The van der Waals surface area contributed by atoms with E-state index in [1.165, 1.54) is 0 Å². The second-order valence-electron chi connectivity index (χ2n) is 3.84. The standard InChI is InChI=1S/C11H10ClF3N2O4/c12-3-4-21-10(18)16-8-2-1-7(6-11(13,14)15)9(5-8)17(19)20/h1-2,5H,3-4,6H2,(H,16,18). The minimum Gasteiger partial charge on any atom is -0.448 e. The normalized spacial score (nSPS) is 11.0. The molecule has 0 atom stereocenters. The van der Waals surface area contributed by atoms with Crippen molar-refractivity contribution in [3.8, 4) is 0 Å². The molecule has 0 aromatic heterocycles. The summed E-state index contributed by atoms with van der Waals surface area (Å²) in [6.07, 6.45) is -6.91. The zero-order valence-corrected chi connectivity index (χ0v) is 11.2. The predicted octanol–water partition coefficient (Wildman–Crippen LogP) is 3.49. The summed E-state index contributed by atoms with van der Waals surface area (Å²) in [6.45, 7) is -0.0678. The van der Waals surface area contributed by atoms with Crippen LogP contribution in [0.2, 0.25) is 0 Å². The third-order valence-corrected chi connectivity index (χ3v) is 2.38. The lowest BCUT2D eigenvalue weighted by Crippen LogP contribution is -2.16. The summed E-state index contributed by atoms with van der Waals surface area (Å²) in [4.78, 5) is 21.1. The van der Waals surface area contributed by atoms with Crippen molar-refractivity contribution in [1.29, 1.82) is 0 Å². The van der Waals surface area contributed by atoms with Crippen molar-refractivity contribution in [3.05, 3.63) is 33.9 Å². The average Bonchev–Trinajstić information content (AvgIpc) is 2.36. The van der Waals surface area contributed by atoms with Gasteiger partial charge in [0.2, 0.25) is 0 Å². The molecule has 1 N–H and O–H groups in total. The van der Waals surface area contributed by atoms with Gasteiger partial charge in [-0.15, -0.1) is 11.6 Å². The number of hydrogen-bond acceptors (Lipinski definition) is 4. The number of halogens is 4. The van der Waals surface area contributed by atoms with Gasteiger partial charge in [-0.3, -0.25) is 15.4 Å². The molecule has 1 rings (SSSR count). The minimum atomic E-state index is -4.57. The fourth-order valence-electron chi connectivity index (χ4n) is 1.46. The predicted molar refractivity (Wildman–Crippen MR) is 68.5 cm³/mol. The van der Waals surface area contributed by atoms with Gasteiger partial charge in [0.1, 0.15) is 6.61 Å². The van der Waals surface area contributed by atoms with Crippen LogP contribution in [-0.2, 0) is 11.2 Å². The number of benzene rings is 1. The van der Waals surface area contributed by atoms with Gasteiger partial charge in [-0.1, -0.05) is 0 Å². The lowest BCUT2D eigenvalue weighted by Gasteiger charge is -2.09. The van der Waals surface area contributed by atoms with E-state index in [4.69, 9.17) is 11.6 Å². The average molecular weight is 327 g/mol. The van der Waals surface area contributed by atoms with Crippen molar-refractivity contribution in [2.75, 3.05) is 17.8 Å². The smallest absolute Gasteiger partial charge is 0.411 e. The summed E-state index contributed by atoms with van der Waals surface area (Å²) >= 11 is 5.30. The maximum absolute atomic E-state index is 12.3. The molecular weight excluding hydrogens is 317 g/mol. The molecule has 1 aromatic carbocycles. The highest BCUT2D eigenvalue weighted by atomic mass is 35.5. The molecule has 0 bridgehead atoms. The number of nitro groups is 1. The molecule has 21 heavy (non-hydrogen) atoms. The number of carbonyl (C=O) groups excluding carboxylic acids is 1. The van der Waals surface area contributed by atoms with E-state index in [1.54, 1.807) is 0 Å². The maximum atomic E-state index is 12.3. The van der Waals surface area contributed by atoms with Crippen molar-refractivity contribution in [3.63, 3.8) is 0 Å². The lowest BCUT2D eigenvalue weighted by molar-refractivity contribution is -0.385. The maximum Gasteiger partial charge on any atom is 0.411 e. The Balaban J connectivity index is 2.93. The van der Waals surface area contributed by atoms with E-state index in [9.17, 15) is 28.1 Å². The van der Waals surface area contributed by atoms with Crippen LogP contribution in [-0.4, -0.2) is 29.7 Å². The topological polar surface area (TPSA) is 81.5 Å². The van der Waals surface area contributed by atoms with Crippen molar-refractivity contribution >= 4 is 29.1 Å². The van der Waals surface area contributed by atoms with E-state index < -0.39 is 34.9 Å². The molecule has 0 fully saturated rings. The van der Waals surface area contributed by atoms with Crippen LogP contribution in [0.3, 0.4) is 0 Å². The molecule has 0 spiro atoms. The molecule has 0 saturated carbocycles.